The third-order valence-electron chi connectivity index (χ3n) is 2.82. The molecule has 2 N–H and O–H groups in total. The van der Waals surface area contributed by atoms with Gasteiger partial charge in [0.2, 0.25) is 10.0 Å². The highest BCUT2D eigenvalue weighted by Crippen LogP contribution is 2.16. The maximum Gasteiger partial charge on any atom is 0.240 e. The van der Waals surface area contributed by atoms with Crippen molar-refractivity contribution in [3.05, 3.63) is 24.3 Å². The number of hydrogen-bond acceptors (Lipinski definition) is 4. The van der Waals surface area contributed by atoms with Crippen molar-refractivity contribution in [2.45, 2.75) is 44.6 Å². The van der Waals surface area contributed by atoms with Crippen LogP contribution >= 0.6 is 0 Å². The zero-order chi connectivity index (χ0) is 15.7. The summed E-state index contributed by atoms with van der Waals surface area (Å²) < 4.78 is 31.9. The highest BCUT2D eigenvalue weighted by molar-refractivity contribution is 7.89. The van der Waals surface area contributed by atoms with Gasteiger partial charge in [0.15, 0.2) is 0 Å². The molecular weight excluding hydrogens is 288 g/mol. The first-order chi connectivity index (χ1) is 9.95. The smallest absolute Gasteiger partial charge is 0.240 e. The summed E-state index contributed by atoms with van der Waals surface area (Å²) in [6.45, 7) is 8.10. The van der Waals surface area contributed by atoms with Gasteiger partial charge in [-0.2, -0.15) is 0 Å². The van der Waals surface area contributed by atoms with Crippen LogP contribution < -0.4 is 14.8 Å². The third-order valence-corrected chi connectivity index (χ3v) is 4.30. The largest absolute Gasteiger partial charge is 0.494 e. The zero-order valence-electron chi connectivity index (χ0n) is 13.1. The average Bonchev–Trinajstić information content (AvgIpc) is 2.45. The van der Waals surface area contributed by atoms with E-state index in [1.54, 1.807) is 24.3 Å². The molecule has 0 aromatic heterocycles. The molecular formula is C15H26N2O3S. The SMILES string of the molecule is CCCNS(=O)(=O)c1ccc(OCCCNC(C)C)cc1. The molecule has 1 rings (SSSR count). The van der Waals surface area contributed by atoms with Crippen LogP contribution in [0, 0.1) is 0 Å². The highest BCUT2D eigenvalue weighted by Gasteiger charge is 2.12. The Morgan fingerprint density at radius 2 is 1.81 bits per heavy atom. The molecule has 21 heavy (non-hydrogen) atoms. The number of ether oxygens (including phenoxy) is 1. The molecule has 1 aromatic rings. The molecule has 0 aliphatic carbocycles. The fraction of sp³-hybridized carbons (Fsp3) is 0.600. The lowest BCUT2D eigenvalue weighted by Gasteiger charge is -2.10. The summed E-state index contributed by atoms with van der Waals surface area (Å²) in [5, 5.41) is 3.31. The average molecular weight is 314 g/mol. The highest BCUT2D eigenvalue weighted by atomic mass is 32.2. The van der Waals surface area contributed by atoms with Crippen LogP contribution in [0.4, 0.5) is 0 Å². The molecule has 0 aliphatic heterocycles. The van der Waals surface area contributed by atoms with Crippen LogP contribution in [-0.4, -0.2) is 34.2 Å². The molecule has 0 unspecified atom stereocenters. The monoisotopic (exact) mass is 314 g/mol. The molecule has 0 spiro atoms. The number of nitrogens with one attached hydrogen (secondary N) is 2. The van der Waals surface area contributed by atoms with E-state index in [4.69, 9.17) is 4.74 Å². The first kappa shape index (κ1) is 17.9. The van der Waals surface area contributed by atoms with Gasteiger partial charge in [-0.3, -0.25) is 0 Å². The predicted molar refractivity (Wildman–Crippen MR) is 85.2 cm³/mol. The van der Waals surface area contributed by atoms with Crippen LogP contribution in [0.5, 0.6) is 5.75 Å². The minimum atomic E-state index is -3.39. The second-order valence-corrected chi connectivity index (χ2v) is 6.95. The van der Waals surface area contributed by atoms with Gasteiger partial charge in [-0.25, -0.2) is 13.1 Å². The van der Waals surface area contributed by atoms with Gasteiger partial charge in [0.25, 0.3) is 0 Å². The molecule has 6 heteroatoms. The van der Waals surface area contributed by atoms with E-state index in [0.29, 0.717) is 24.9 Å². The quantitative estimate of drug-likeness (QED) is 0.649. The van der Waals surface area contributed by atoms with E-state index in [1.807, 2.05) is 6.92 Å². The molecule has 0 saturated heterocycles. The zero-order valence-corrected chi connectivity index (χ0v) is 13.9. The van der Waals surface area contributed by atoms with Gasteiger partial charge < -0.3 is 10.1 Å². The second-order valence-electron chi connectivity index (χ2n) is 5.18. The van der Waals surface area contributed by atoms with E-state index in [2.05, 4.69) is 23.9 Å². The molecule has 0 heterocycles. The summed E-state index contributed by atoms with van der Waals surface area (Å²) in [6.07, 6.45) is 1.68. The Morgan fingerprint density at radius 1 is 1.14 bits per heavy atom. The summed E-state index contributed by atoms with van der Waals surface area (Å²) in [5.74, 6) is 0.689. The van der Waals surface area contributed by atoms with Crippen molar-refractivity contribution >= 4 is 10.0 Å². The molecule has 0 bridgehead atoms. The molecule has 0 saturated carbocycles. The Hall–Kier alpha value is -1.11. The van der Waals surface area contributed by atoms with Crippen molar-refractivity contribution in [1.82, 2.24) is 10.0 Å². The normalized spacial score (nSPS) is 11.8. The van der Waals surface area contributed by atoms with E-state index in [0.717, 1.165) is 19.4 Å². The topological polar surface area (TPSA) is 67.4 Å². The lowest BCUT2D eigenvalue weighted by molar-refractivity contribution is 0.306. The van der Waals surface area contributed by atoms with E-state index < -0.39 is 10.0 Å². The Morgan fingerprint density at radius 3 is 2.38 bits per heavy atom. The molecule has 0 radical (unpaired) electrons. The Bertz CT molecular complexity index is 498. The van der Waals surface area contributed by atoms with Gasteiger partial charge in [0.1, 0.15) is 5.75 Å². The van der Waals surface area contributed by atoms with E-state index >= 15 is 0 Å². The number of sulfonamides is 1. The van der Waals surface area contributed by atoms with Crippen molar-refractivity contribution in [2.24, 2.45) is 0 Å². The van der Waals surface area contributed by atoms with Gasteiger partial charge in [0.05, 0.1) is 11.5 Å². The molecule has 0 fully saturated rings. The van der Waals surface area contributed by atoms with Crippen molar-refractivity contribution in [3.8, 4) is 5.75 Å². The van der Waals surface area contributed by atoms with Gasteiger partial charge in [-0.1, -0.05) is 20.8 Å². The first-order valence-corrected chi connectivity index (χ1v) is 8.90. The Kier molecular flexibility index (Phi) is 7.71. The van der Waals surface area contributed by atoms with Crippen molar-refractivity contribution in [1.29, 1.82) is 0 Å². The van der Waals surface area contributed by atoms with Gasteiger partial charge >= 0.3 is 0 Å². The summed E-state index contributed by atoms with van der Waals surface area (Å²) in [5.41, 5.74) is 0. The van der Waals surface area contributed by atoms with Crippen molar-refractivity contribution in [3.63, 3.8) is 0 Å². The predicted octanol–water partition coefficient (Wildman–Crippen LogP) is 2.14. The summed E-state index contributed by atoms with van der Waals surface area (Å²) >= 11 is 0. The number of benzene rings is 1. The van der Waals surface area contributed by atoms with E-state index in [9.17, 15) is 8.42 Å². The first-order valence-electron chi connectivity index (χ1n) is 7.41. The van der Waals surface area contributed by atoms with Gasteiger partial charge in [-0.05, 0) is 43.7 Å². The van der Waals surface area contributed by atoms with Crippen molar-refractivity contribution in [2.75, 3.05) is 19.7 Å². The molecule has 120 valence electrons. The molecule has 0 amide bonds. The minimum absolute atomic E-state index is 0.268. The van der Waals surface area contributed by atoms with Crippen molar-refractivity contribution < 1.29 is 13.2 Å². The maximum absolute atomic E-state index is 11.9. The second kappa shape index (κ2) is 9.02. The summed E-state index contributed by atoms with van der Waals surface area (Å²) in [6, 6.07) is 7.00. The van der Waals surface area contributed by atoms with Gasteiger partial charge in [0, 0.05) is 12.6 Å². The van der Waals surface area contributed by atoms with Crippen LogP contribution in [0.15, 0.2) is 29.2 Å². The lowest BCUT2D eigenvalue weighted by atomic mass is 10.3. The number of rotatable bonds is 10. The molecule has 0 aliphatic rings. The van der Waals surface area contributed by atoms with Crippen LogP contribution in [0.1, 0.15) is 33.6 Å². The lowest BCUT2D eigenvalue weighted by Crippen LogP contribution is -2.25. The van der Waals surface area contributed by atoms with Gasteiger partial charge in [-0.15, -0.1) is 0 Å². The van der Waals surface area contributed by atoms with Crippen LogP contribution in [0.3, 0.4) is 0 Å². The standard InChI is InChI=1S/C15H26N2O3S/c1-4-10-17-21(18,19)15-8-6-14(7-9-15)20-12-5-11-16-13(2)3/h6-9,13,16-17H,4-5,10-12H2,1-3H3. The Labute approximate surface area is 128 Å². The van der Waals surface area contributed by atoms with E-state index in [1.165, 1.54) is 0 Å². The third kappa shape index (κ3) is 6.93. The summed E-state index contributed by atoms with van der Waals surface area (Å²) in [7, 11) is -3.39. The molecule has 1 aromatic carbocycles. The van der Waals surface area contributed by atoms with Crippen LogP contribution in [0.25, 0.3) is 0 Å². The van der Waals surface area contributed by atoms with Crippen LogP contribution in [0.2, 0.25) is 0 Å². The molecule has 5 nitrogen and oxygen atoms in total. The van der Waals surface area contributed by atoms with E-state index in [-0.39, 0.29) is 4.90 Å². The van der Waals surface area contributed by atoms with Crippen LogP contribution in [-0.2, 0) is 10.0 Å². The number of hydrogen-bond donors (Lipinski definition) is 2. The maximum atomic E-state index is 11.9. The summed E-state index contributed by atoms with van der Waals surface area (Å²) in [4.78, 5) is 0.268. The molecule has 0 atom stereocenters. The fourth-order valence-corrected chi connectivity index (χ4v) is 2.82. The Balaban J connectivity index is 2.43. The fourth-order valence-electron chi connectivity index (χ4n) is 1.69. The minimum Gasteiger partial charge on any atom is -0.494 e.